The highest BCUT2D eigenvalue weighted by atomic mass is 32.1. The molecule has 0 unspecified atom stereocenters. The van der Waals surface area contributed by atoms with Crippen LogP contribution in [0.25, 0.3) is 10.4 Å². The van der Waals surface area contributed by atoms with E-state index in [2.05, 4.69) is 0 Å². The number of alkyl halides is 3. The van der Waals surface area contributed by atoms with Gasteiger partial charge in [0.15, 0.2) is 0 Å². The van der Waals surface area contributed by atoms with Crippen LogP contribution in [0.1, 0.15) is 16.0 Å². The maximum Gasteiger partial charge on any atom is 0.419 e. The molecule has 2 rings (SSSR count). The lowest BCUT2D eigenvalue weighted by atomic mass is 10.0. The van der Waals surface area contributed by atoms with Crippen molar-refractivity contribution in [3.05, 3.63) is 40.0 Å². The van der Waals surface area contributed by atoms with E-state index in [9.17, 15) is 17.6 Å². The summed E-state index contributed by atoms with van der Waals surface area (Å²) in [5.74, 6) is -1.35. The Labute approximate surface area is 116 Å². The van der Waals surface area contributed by atoms with Gasteiger partial charge in [0.05, 0.1) is 11.3 Å². The van der Waals surface area contributed by atoms with Crippen LogP contribution in [0.2, 0.25) is 0 Å². The molecule has 0 aliphatic carbocycles. The van der Waals surface area contributed by atoms with E-state index < -0.39 is 17.6 Å². The normalized spacial score (nSPS) is 11.4. The van der Waals surface area contributed by atoms with Gasteiger partial charge >= 0.3 is 6.18 Å². The lowest BCUT2D eigenvalue weighted by Crippen LogP contribution is -2.08. The molecule has 7 heteroatoms. The zero-order valence-corrected chi connectivity index (χ0v) is 11.0. The quantitative estimate of drug-likeness (QED) is 0.797. The van der Waals surface area contributed by atoms with E-state index in [-0.39, 0.29) is 21.0 Å². The summed E-state index contributed by atoms with van der Waals surface area (Å²) in [7, 11) is 0. The molecule has 0 saturated carbocycles. The Bertz CT molecular complexity index is 710. The Kier molecular flexibility index (Phi) is 3.44. The zero-order chi connectivity index (χ0) is 15.1. The minimum absolute atomic E-state index is 0.161. The predicted molar refractivity (Wildman–Crippen MR) is 68.6 cm³/mol. The maximum absolute atomic E-state index is 14.0. The molecule has 0 amide bonds. The third kappa shape index (κ3) is 2.23. The van der Waals surface area contributed by atoms with Crippen LogP contribution in [0.3, 0.4) is 0 Å². The van der Waals surface area contributed by atoms with Crippen molar-refractivity contribution in [1.82, 2.24) is 0 Å². The van der Waals surface area contributed by atoms with Crippen LogP contribution >= 0.6 is 11.3 Å². The Balaban J connectivity index is 2.70. The fraction of sp³-hybridized carbons (Fsp3) is 0.154. The molecule has 104 valence electrons. The molecule has 0 bridgehead atoms. The Morgan fingerprint density at radius 1 is 1.30 bits per heavy atom. The van der Waals surface area contributed by atoms with Crippen molar-refractivity contribution in [2.75, 3.05) is 5.73 Å². The number of benzene rings is 1. The summed E-state index contributed by atoms with van der Waals surface area (Å²) >= 11 is 0.879. The van der Waals surface area contributed by atoms with Crippen LogP contribution in [-0.4, -0.2) is 0 Å². The molecule has 0 spiro atoms. The lowest BCUT2D eigenvalue weighted by Gasteiger charge is -2.10. The summed E-state index contributed by atoms with van der Waals surface area (Å²) in [5, 5.41) is 8.86. The van der Waals surface area contributed by atoms with Gasteiger partial charge < -0.3 is 5.73 Å². The van der Waals surface area contributed by atoms with E-state index in [1.807, 2.05) is 6.07 Å². The van der Waals surface area contributed by atoms with Gasteiger partial charge in [-0.05, 0) is 18.6 Å². The van der Waals surface area contributed by atoms with E-state index in [1.165, 1.54) is 6.07 Å². The van der Waals surface area contributed by atoms with Crippen LogP contribution in [0.4, 0.5) is 23.2 Å². The summed E-state index contributed by atoms with van der Waals surface area (Å²) < 4.78 is 52.1. The van der Waals surface area contributed by atoms with Crippen molar-refractivity contribution in [2.45, 2.75) is 13.1 Å². The first-order valence-corrected chi connectivity index (χ1v) is 6.24. The third-order valence-electron chi connectivity index (χ3n) is 2.84. The number of nitrogens with zero attached hydrogens (tertiary/aromatic N) is 1. The Hall–Kier alpha value is -2.07. The molecule has 0 radical (unpaired) electrons. The maximum atomic E-state index is 14.0. The fourth-order valence-electron chi connectivity index (χ4n) is 1.79. The smallest absolute Gasteiger partial charge is 0.397 e. The summed E-state index contributed by atoms with van der Waals surface area (Å²) in [6.07, 6.45) is -4.77. The fourth-order valence-corrected chi connectivity index (χ4v) is 2.84. The first-order chi connectivity index (χ1) is 9.27. The number of rotatable bonds is 1. The predicted octanol–water partition coefficient (Wildman–Crippen LogP) is 4.34. The summed E-state index contributed by atoms with van der Waals surface area (Å²) in [4.78, 5) is 0.400. The minimum atomic E-state index is -4.77. The van der Waals surface area contributed by atoms with Crippen molar-refractivity contribution in [1.29, 1.82) is 5.26 Å². The number of anilines is 1. The Morgan fingerprint density at radius 2 is 1.95 bits per heavy atom. The second-order valence-electron chi connectivity index (χ2n) is 4.08. The highest BCUT2D eigenvalue weighted by Gasteiger charge is 2.35. The van der Waals surface area contributed by atoms with E-state index >= 15 is 0 Å². The van der Waals surface area contributed by atoms with Gasteiger partial charge in [-0.25, -0.2) is 4.39 Å². The SMILES string of the molecule is Cc1c(-c2cccc(C(F)(F)F)c2F)sc(C#N)c1N. The van der Waals surface area contributed by atoms with E-state index in [0.29, 0.717) is 11.6 Å². The van der Waals surface area contributed by atoms with Gasteiger partial charge in [-0.2, -0.15) is 18.4 Å². The van der Waals surface area contributed by atoms with Crippen LogP contribution in [0.15, 0.2) is 18.2 Å². The average molecular weight is 300 g/mol. The van der Waals surface area contributed by atoms with Gasteiger partial charge in [-0.3, -0.25) is 0 Å². The molecular weight excluding hydrogens is 292 g/mol. The zero-order valence-electron chi connectivity index (χ0n) is 10.2. The number of nitrogens with two attached hydrogens (primary N) is 1. The van der Waals surface area contributed by atoms with E-state index in [0.717, 1.165) is 17.4 Å². The van der Waals surface area contributed by atoms with E-state index in [1.54, 1.807) is 6.92 Å². The van der Waals surface area contributed by atoms with Gasteiger partial charge in [0.25, 0.3) is 0 Å². The second kappa shape index (κ2) is 4.80. The van der Waals surface area contributed by atoms with Gasteiger partial charge in [0, 0.05) is 10.4 Å². The van der Waals surface area contributed by atoms with Crippen LogP contribution in [0, 0.1) is 24.1 Å². The molecule has 2 aromatic rings. The molecule has 1 heterocycles. The molecule has 0 fully saturated rings. The standard InChI is InChI=1S/C13H8F4N2S/c1-6-11(19)9(5-18)20-12(6)7-3-2-4-8(10(7)14)13(15,16)17/h2-4H,19H2,1H3. The Morgan fingerprint density at radius 3 is 2.45 bits per heavy atom. The average Bonchev–Trinajstić information content (AvgIpc) is 2.65. The number of nitrogen functional groups attached to an aromatic ring is 1. The molecule has 2 nitrogen and oxygen atoms in total. The molecular formula is C13H8F4N2S. The number of thiophene rings is 1. The van der Waals surface area contributed by atoms with Crippen molar-refractivity contribution in [3.63, 3.8) is 0 Å². The number of hydrogen-bond donors (Lipinski definition) is 1. The molecule has 0 atom stereocenters. The highest BCUT2D eigenvalue weighted by molar-refractivity contribution is 7.16. The number of nitriles is 1. The van der Waals surface area contributed by atoms with Gasteiger partial charge in [0.2, 0.25) is 0 Å². The molecule has 1 aromatic carbocycles. The van der Waals surface area contributed by atoms with Gasteiger partial charge in [0.1, 0.15) is 16.8 Å². The highest BCUT2D eigenvalue weighted by Crippen LogP contribution is 2.41. The van der Waals surface area contributed by atoms with Crippen LogP contribution < -0.4 is 5.73 Å². The van der Waals surface area contributed by atoms with Crippen molar-refractivity contribution in [3.8, 4) is 16.5 Å². The number of halogens is 4. The largest absolute Gasteiger partial charge is 0.419 e. The minimum Gasteiger partial charge on any atom is -0.397 e. The molecule has 0 aliphatic heterocycles. The van der Waals surface area contributed by atoms with Gasteiger partial charge in [-0.15, -0.1) is 11.3 Å². The molecule has 20 heavy (non-hydrogen) atoms. The number of hydrogen-bond acceptors (Lipinski definition) is 3. The van der Waals surface area contributed by atoms with Gasteiger partial charge in [-0.1, -0.05) is 12.1 Å². The van der Waals surface area contributed by atoms with Crippen molar-refractivity contribution in [2.24, 2.45) is 0 Å². The van der Waals surface area contributed by atoms with Crippen LogP contribution in [-0.2, 0) is 6.18 Å². The van der Waals surface area contributed by atoms with Crippen molar-refractivity contribution >= 4 is 17.0 Å². The summed E-state index contributed by atoms with van der Waals surface area (Å²) in [6.45, 7) is 1.54. The topological polar surface area (TPSA) is 49.8 Å². The molecule has 0 aliphatic rings. The molecule has 2 N–H and O–H groups in total. The summed E-state index contributed by atoms with van der Waals surface area (Å²) in [6, 6.07) is 4.88. The third-order valence-corrected chi connectivity index (χ3v) is 4.09. The lowest BCUT2D eigenvalue weighted by molar-refractivity contribution is -0.139. The summed E-state index contributed by atoms with van der Waals surface area (Å²) in [5.41, 5.74) is 4.71. The molecule has 0 saturated heterocycles. The first-order valence-electron chi connectivity index (χ1n) is 5.42. The van der Waals surface area contributed by atoms with Crippen molar-refractivity contribution < 1.29 is 17.6 Å². The molecule has 1 aromatic heterocycles. The van der Waals surface area contributed by atoms with E-state index in [4.69, 9.17) is 11.0 Å². The monoisotopic (exact) mass is 300 g/mol. The second-order valence-corrected chi connectivity index (χ2v) is 5.10. The first kappa shape index (κ1) is 14.3. The van der Waals surface area contributed by atoms with Crippen LogP contribution in [0.5, 0.6) is 0 Å².